The molecule has 0 atom stereocenters. The molecular formula is C7H6BrClN2O3. The number of alkyl halides is 1. The van der Waals surface area contributed by atoms with Gasteiger partial charge in [0.2, 0.25) is 0 Å². The normalized spacial score (nSPS) is 10.1. The summed E-state index contributed by atoms with van der Waals surface area (Å²) < 4.78 is 1.66. The predicted molar refractivity (Wildman–Crippen MR) is 55.8 cm³/mol. The van der Waals surface area contributed by atoms with Gasteiger partial charge in [-0.3, -0.25) is 14.9 Å². The molecular weight excluding hydrogens is 275 g/mol. The van der Waals surface area contributed by atoms with Crippen molar-refractivity contribution in [2.24, 2.45) is 0 Å². The average molecular weight is 281 g/mol. The van der Waals surface area contributed by atoms with Gasteiger partial charge in [-0.15, -0.1) is 11.6 Å². The van der Waals surface area contributed by atoms with Gasteiger partial charge in [0, 0.05) is 18.6 Å². The van der Waals surface area contributed by atoms with Crippen LogP contribution in [0.2, 0.25) is 0 Å². The van der Waals surface area contributed by atoms with Crippen LogP contribution in [0, 0.1) is 10.1 Å². The Kier molecular flexibility index (Phi) is 3.65. The smallest absolute Gasteiger partial charge is 0.333 e. The van der Waals surface area contributed by atoms with E-state index >= 15 is 0 Å². The number of aryl methyl sites for hydroxylation is 1. The highest BCUT2D eigenvalue weighted by Gasteiger charge is 2.15. The molecule has 1 aromatic heterocycles. The molecule has 5 nitrogen and oxygen atoms in total. The highest BCUT2D eigenvalue weighted by molar-refractivity contribution is 9.10. The van der Waals surface area contributed by atoms with Crippen molar-refractivity contribution >= 4 is 33.2 Å². The Hall–Kier alpha value is -0.880. The maximum atomic E-state index is 11.2. The molecule has 0 aliphatic rings. The zero-order chi connectivity index (χ0) is 10.7. The summed E-state index contributed by atoms with van der Waals surface area (Å²) in [5.41, 5.74) is -1.08. The molecule has 1 rings (SSSR count). The fourth-order valence-corrected chi connectivity index (χ4v) is 1.60. The van der Waals surface area contributed by atoms with E-state index in [2.05, 4.69) is 15.9 Å². The molecule has 0 radical (unpaired) electrons. The van der Waals surface area contributed by atoms with Crippen LogP contribution in [0.3, 0.4) is 0 Å². The second kappa shape index (κ2) is 4.56. The van der Waals surface area contributed by atoms with E-state index in [1.54, 1.807) is 0 Å². The van der Waals surface area contributed by atoms with Gasteiger partial charge in [0.1, 0.15) is 0 Å². The number of nitro groups is 1. The first kappa shape index (κ1) is 11.2. The molecule has 0 aromatic carbocycles. The Balaban J connectivity index is 3.28. The fraction of sp³-hybridized carbons (Fsp3) is 0.286. The molecule has 76 valence electrons. The zero-order valence-electron chi connectivity index (χ0n) is 6.94. The first-order valence-corrected chi connectivity index (χ1v) is 4.99. The molecule has 0 unspecified atom stereocenters. The number of pyridine rings is 1. The van der Waals surface area contributed by atoms with E-state index in [0.717, 1.165) is 0 Å². The van der Waals surface area contributed by atoms with Gasteiger partial charge in [-0.25, -0.2) is 0 Å². The monoisotopic (exact) mass is 280 g/mol. The van der Waals surface area contributed by atoms with Gasteiger partial charge < -0.3 is 4.57 Å². The summed E-state index contributed by atoms with van der Waals surface area (Å²) in [6.45, 7) is 0.418. The van der Waals surface area contributed by atoms with Crippen LogP contribution in [0.5, 0.6) is 0 Å². The summed E-state index contributed by atoms with van der Waals surface area (Å²) in [6.07, 6.45) is 2.65. The summed E-state index contributed by atoms with van der Waals surface area (Å²) in [5, 5.41) is 10.5. The highest BCUT2D eigenvalue weighted by Crippen LogP contribution is 2.10. The van der Waals surface area contributed by atoms with E-state index < -0.39 is 16.0 Å². The second-order valence-corrected chi connectivity index (χ2v) is 3.74. The van der Waals surface area contributed by atoms with Crippen molar-refractivity contribution in [2.45, 2.75) is 6.54 Å². The summed E-state index contributed by atoms with van der Waals surface area (Å²) >= 11 is 8.43. The summed E-state index contributed by atoms with van der Waals surface area (Å²) in [4.78, 5) is 21.0. The SMILES string of the molecule is O=c1c(Br)cn(CCCl)cc1[N+](=O)[O-]. The number of hydrogen-bond donors (Lipinski definition) is 0. The largest absolute Gasteiger partial charge is 0.346 e. The Labute approximate surface area is 92.6 Å². The van der Waals surface area contributed by atoms with Gasteiger partial charge in [-0.2, -0.15) is 0 Å². The molecule has 7 heteroatoms. The number of hydrogen-bond acceptors (Lipinski definition) is 3. The quantitative estimate of drug-likeness (QED) is 0.482. The van der Waals surface area contributed by atoms with E-state index in [-0.39, 0.29) is 4.47 Å². The van der Waals surface area contributed by atoms with Crippen LogP contribution >= 0.6 is 27.5 Å². The Morgan fingerprint density at radius 3 is 2.71 bits per heavy atom. The lowest BCUT2D eigenvalue weighted by atomic mass is 10.4. The number of aromatic nitrogens is 1. The summed E-state index contributed by atoms with van der Waals surface area (Å²) in [5.74, 6) is 0.326. The first-order valence-electron chi connectivity index (χ1n) is 3.66. The number of nitrogens with zero attached hydrogens (tertiary/aromatic N) is 2. The second-order valence-electron chi connectivity index (χ2n) is 2.50. The Bertz CT molecular complexity index is 418. The van der Waals surface area contributed by atoms with Crippen LogP contribution in [-0.4, -0.2) is 15.4 Å². The van der Waals surface area contributed by atoms with Crippen LogP contribution in [0.1, 0.15) is 0 Å². The summed E-state index contributed by atoms with van der Waals surface area (Å²) in [7, 11) is 0. The van der Waals surface area contributed by atoms with Crippen molar-refractivity contribution in [3.8, 4) is 0 Å². The topological polar surface area (TPSA) is 65.1 Å². The van der Waals surface area contributed by atoms with Crippen LogP contribution in [-0.2, 0) is 6.54 Å². The highest BCUT2D eigenvalue weighted by atomic mass is 79.9. The van der Waals surface area contributed by atoms with Crippen molar-refractivity contribution in [3.63, 3.8) is 0 Å². The molecule has 0 saturated heterocycles. The van der Waals surface area contributed by atoms with E-state index in [9.17, 15) is 14.9 Å². The number of halogens is 2. The van der Waals surface area contributed by atoms with Gasteiger partial charge in [0.25, 0.3) is 5.43 Å². The maximum absolute atomic E-state index is 11.2. The molecule has 14 heavy (non-hydrogen) atoms. The van der Waals surface area contributed by atoms with Gasteiger partial charge >= 0.3 is 5.69 Å². The molecule has 0 fully saturated rings. The van der Waals surface area contributed by atoms with Gasteiger partial charge in [0.05, 0.1) is 15.6 Å². The minimum Gasteiger partial charge on any atom is -0.346 e. The third-order valence-electron chi connectivity index (χ3n) is 1.56. The van der Waals surface area contributed by atoms with Gasteiger partial charge in [-0.1, -0.05) is 0 Å². The average Bonchev–Trinajstić information content (AvgIpc) is 2.11. The molecule has 0 saturated carbocycles. The lowest BCUT2D eigenvalue weighted by Crippen LogP contribution is -2.13. The third-order valence-corrected chi connectivity index (χ3v) is 2.29. The van der Waals surface area contributed by atoms with Crippen molar-refractivity contribution < 1.29 is 4.92 Å². The third kappa shape index (κ3) is 2.33. The maximum Gasteiger partial charge on any atom is 0.333 e. The molecule has 0 spiro atoms. The minimum atomic E-state index is -0.710. The molecule has 1 aromatic rings. The van der Waals surface area contributed by atoms with Crippen molar-refractivity contribution in [3.05, 3.63) is 37.2 Å². The molecule has 0 bridgehead atoms. The van der Waals surface area contributed by atoms with E-state index in [1.165, 1.54) is 17.0 Å². The van der Waals surface area contributed by atoms with E-state index in [4.69, 9.17) is 11.6 Å². The summed E-state index contributed by atoms with van der Waals surface area (Å²) in [6, 6.07) is 0. The lowest BCUT2D eigenvalue weighted by Gasteiger charge is -2.03. The molecule has 1 heterocycles. The van der Waals surface area contributed by atoms with Gasteiger partial charge in [0.15, 0.2) is 0 Å². The molecule has 0 amide bonds. The Morgan fingerprint density at radius 2 is 2.21 bits per heavy atom. The van der Waals surface area contributed by atoms with Crippen LogP contribution < -0.4 is 5.43 Å². The minimum absolute atomic E-state index is 0.164. The van der Waals surface area contributed by atoms with Crippen molar-refractivity contribution in [1.29, 1.82) is 0 Å². The molecule has 0 N–H and O–H groups in total. The molecule has 0 aliphatic heterocycles. The van der Waals surface area contributed by atoms with Gasteiger partial charge in [-0.05, 0) is 15.9 Å². The van der Waals surface area contributed by atoms with E-state index in [1.807, 2.05) is 0 Å². The first-order chi connectivity index (χ1) is 6.56. The van der Waals surface area contributed by atoms with Crippen LogP contribution in [0.4, 0.5) is 5.69 Å². The van der Waals surface area contributed by atoms with Crippen LogP contribution in [0.15, 0.2) is 21.7 Å². The van der Waals surface area contributed by atoms with E-state index in [0.29, 0.717) is 12.4 Å². The lowest BCUT2D eigenvalue weighted by molar-refractivity contribution is -0.386. The van der Waals surface area contributed by atoms with Crippen molar-refractivity contribution in [2.75, 3.05) is 5.88 Å². The standard InChI is InChI=1S/C7H6BrClN2O3/c8-5-3-10(2-1-9)4-6(7(5)12)11(13)14/h3-4H,1-2H2. The molecule has 0 aliphatic carbocycles. The zero-order valence-corrected chi connectivity index (χ0v) is 9.29. The Morgan fingerprint density at radius 1 is 1.57 bits per heavy atom. The fourth-order valence-electron chi connectivity index (χ4n) is 0.936. The van der Waals surface area contributed by atoms with Crippen LogP contribution in [0.25, 0.3) is 0 Å². The predicted octanol–water partition coefficient (Wildman–Crippen LogP) is 1.76. The number of rotatable bonds is 3. The van der Waals surface area contributed by atoms with Crippen molar-refractivity contribution in [1.82, 2.24) is 4.57 Å².